The maximum Gasteiger partial charge on any atom is 0.0478 e. The molecule has 5 heteroatoms. The minimum Gasteiger partial charge on any atom is -0.381 e. The van der Waals surface area contributed by atoms with Gasteiger partial charge >= 0.3 is 0 Å². The highest BCUT2D eigenvalue weighted by molar-refractivity contribution is 4.55. The van der Waals surface area contributed by atoms with Crippen LogP contribution in [-0.4, -0.2) is 114 Å². The fraction of sp³-hybridized carbons (Fsp3) is 1.00. The summed E-state index contributed by atoms with van der Waals surface area (Å²) in [6.07, 6.45) is 4.75. The summed E-state index contributed by atoms with van der Waals surface area (Å²) in [7, 11) is 12.9. The molecule has 0 amide bonds. The van der Waals surface area contributed by atoms with E-state index in [0.29, 0.717) is 0 Å². The molecule has 0 saturated carbocycles. The molecular formula is C18H42N4O. The number of hydrogen-bond acceptors (Lipinski definition) is 5. The molecule has 0 aliphatic carbocycles. The maximum absolute atomic E-state index is 5.75. The second kappa shape index (κ2) is 15.3. The minimum atomic E-state index is 0.891. The molecule has 140 valence electrons. The van der Waals surface area contributed by atoms with E-state index in [1.807, 2.05) is 0 Å². The molecule has 0 aromatic rings. The van der Waals surface area contributed by atoms with Gasteiger partial charge in [0.15, 0.2) is 0 Å². The third-order valence-corrected chi connectivity index (χ3v) is 3.95. The second-order valence-corrected chi connectivity index (χ2v) is 7.24. The summed E-state index contributed by atoms with van der Waals surface area (Å²) >= 11 is 0. The van der Waals surface area contributed by atoms with Crippen LogP contribution in [0.25, 0.3) is 0 Å². The van der Waals surface area contributed by atoms with Gasteiger partial charge in [0.2, 0.25) is 0 Å². The lowest BCUT2D eigenvalue weighted by atomic mass is 10.3. The molecule has 0 radical (unpaired) electrons. The molecule has 0 saturated heterocycles. The number of ether oxygens (including phenoxy) is 1. The normalized spacial score (nSPS) is 12.3. The Labute approximate surface area is 145 Å². The Morgan fingerprint density at radius 2 is 0.826 bits per heavy atom. The van der Waals surface area contributed by atoms with Crippen LogP contribution >= 0.6 is 0 Å². The standard InChI is InChI=1S/C18H42N4O/c1-19(2)11-7-13-21(5)15-9-17-23-18-10-16-22(6)14-8-12-20(3)4/h7-18H2,1-6H3. The van der Waals surface area contributed by atoms with Gasteiger partial charge in [0.1, 0.15) is 0 Å². The molecule has 0 spiro atoms. The topological polar surface area (TPSA) is 22.2 Å². The van der Waals surface area contributed by atoms with Crippen molar-refractivity contribution in [1.29, 1.82) is 0 Å². The van der Waals surface area contributed by atoms with Gasteiger partial charge in [-0.3, -0.25) is 0 Å². The Hall–Kier alpha value is -0.200. The molecule has 0 bridgehead atoms. The van der Waals surface area contributed by atoms with Crippen molar-refractivity contribution in [1.82, 2.24) is 19.6 Å². The predicted octanol–water partition coefficient (Wildman–Crippen LogP) is 1.55. The molecular weight excluding hydrogens is 288 g/mol. The summed E-state index contributed by atoms with van der Waals surface area (Å²) in [6.45, 7) is 8.75. The first kappa shape index (κ1) is 22.8. The van der Waals surface area contributed by atoms with Crippen LogP contribution in [0, 0.1) is 0 Å². The third-order valence-electron chi connectivity index (χ3n) is 3.95. The summed E-state index contributed by atoms with van der Waals surface area (Å²) in [4.78, 5) is 9.31. The molecule has 0 unspecified atom stereocenters. The number of rotatable bonds is 16. The Morgan fingerprint density at radius 3 is 1.17 bits per heavy atom. The molecule has 0 rings (SSSR count). The molecule has 0 atom stereocenters. The van der Waals surface area contributed by atoms with E-state index < -0.39 is 0 Å². The van der Waals surface area contributed by atoms with Gasteiger partial charge in [-0.1, -0.05) is 0 Å². The minimum absolute atomic E-state index is 0.891. The van der Waals surface area contributed by atoms with Gasteiger partial charge in [-0.05, 0) is 94.1 Å². The summed E-state index contributed by atoms with van der Waals surface area (Å²) in [5, 5.41) is 0. The fourth-order valence-corrected chi connectivity index (χ4v) is 2.51. The van der Waals surface area contributed by atoms with Gasteiger partial charge in [0.05, 0.1) is 0 Å². The zero-order valence-corrected chi connectivity index (χ0v) is 16.7. The Bertz CT molecular complexity index is 225. The van der Waals surface area contributed by atoms with E-state index in [1.165, 1.54) is 39.0 Å². The Balaban J connectivity index is 3.29. The van der Waals surface area contributed by atoms with E-state index in [2.05, 4.69) is 61.9 Å². The van der Waals surface area contributed by atoms with Crippen LogP contribution in [0.4, 0.5) is 0 Å². The van der Waals surface area contributed by atoms with Gasteiger partial charge in [-0.15, -0.1) is 0 Å². The van der Waals surface area contributed by atoms with E-state index in [4.69, 9.17) is 4.74 Å². The van der Waals surface area contributed by atoms with Gasteiger partial charge < -0.3 is 24.3 Å². The monoisotopic (exact) mass is 330 g/mol. The van der Waals surface area contributed by atoms with Crippen LogP contribution in [0.2, 0.25) is 0 Å². The summed E-state index contributed by atoms with van der Waals surface area (Å²) in [5.41, 5.74) is 0. The third kappa shape index (κ3) is 18.0. The predicted molar refractivity (Wildman–Crippen MR) is 101 cm³/mol. The quantitative estimate of drug-likeness (QED) is 0.399. The zero-order valence-electron chi connectivity index (χ0n) is 16.7. The van der Waals surface area contributed by atoms with E-state index in [0.717, 1.165) is 39.1 Å². The summed E-state index contributed by atoms with van der Waals surface area (Å²) in [5.74, 6) is 0. The van der Waals surface area contributed by atoms with Gasteiger partial charge in [-0.25, -0.2) is 0 Å². The van der Waals surface area contributed by atoms with Crippen molar-refractivity contribution in [2.75, 3.05) is 94.8 Å². The lowest BCUT2D eigenvalue weighted by molar-refractivity contribution is 0.114. The fourth-order valence-electron chi connectivity index (χ4n) is 2.51. The molecule has 0 N–H and O–H groups in total. The lowest BCUT2D eigenvalue weighted by Crippen LogP contribution is -2.26. The summed E-state index contributed by atoms with van der Waals surface area (Å²) in [6, 6.07) is 0. The first-order valence-electron chi connectivity index (χ1n) is 9.16. The van der Waals surface area contributed by atoms with Gasteiger partial charge in [0, 0.05) is 26.3 Å². The average molecular weight is 331 g/mol. The van der Waals surface area contributed by atoms with Crippen LogP contribution in [0.5, 0.6) is 0 Å². The molecule has 0 aromatic heterocycles. The van der Waals surface area contributed by atoms with Crippen LogP contribution in [0.1, 0.15) is 25.7 Å². The SMILES string of the molecule is CN(C)CCCN(C)CCCOCCCN(C)CCCN(C)C. The van der Waals surface area contributed by atoms with E-state index >= 15 is 0 Å². The van der Waals surface area contributed by atoms with E-state index in [9.17, 15) is 0 Å². The van der Waals surface area contributed by atoms with Crippen molar-refractivity contribution in [2.24, 2.45) is 0 Å². The Morgan fingerprint density at radius 1 is 0.478 bits per heavy atom. The molecule has 0 aliphatic rings. The van der Waals surface area contributed by atoms with Crippen molar-refractivity contribution >= 4 is 0 Å². The zero-order chi connectivity index (χ0) is 17.5. The molecule has 0 aliphatic heterocycles. The van der Waals surface area contributed by atoms with E-state index in [-0.39, 0.29) is 0 Å². The molecule has 0 fully saturated rings. The maximum atomic E-state index is 5.75. The highest BCUT2D eigenvalue weighted by Gasteiger charge is 2.01. The van der Waals surface area contributed by atoms with E-state index in [1.54, 1.807) is 0 Å². The van der Waals surface area contributed by atoms with Crippen LogP contribution in [-0.2, 0) is 4.74 Å². The van der Waals surface area contributed by atoms with Gasteiger partial charge in [-0.2, -0.15) is 0 Å². The van der Waals surface area contributed by atoms with Crippen molar-refractivity contribution in [2.45, 2.75) is 25.7 Å². The van der Waals surface area contributed by atoms with Gasteiger partial charge in [0.25, 0.3) is 0 Å². The van der Waals surface area contributed by atoms with Crippen LogP contribution < -0.4 is 0 Å². The number of nitrogens with zero attached hydrogens (tertiary/aromatic N) is 4. The first-order valence-corrected chi connectivity index (χ1v) is 9.16. The van der Waals surface area contributed by atoms with Crippen molar-refractivity contribution < 1.29 is 4.74 Å². The molecule has 5 nitrogen and oxygen atoms in total. The lowest BCUT2D eigenvalue weighted by Gasteiger charge is -2.19. The first-order chi connectivity index (χ1) is 10.9. The molecule has 0 aromatic carbocycles. The number of hydrogen-bond donors (Lipinski definition) is 0. The van der Waals surface area contributed by atoms with Crippen LogP contribution in [0.15, 0.2) is 0 Å². The average Bonchev–Trinajstić information content (AvgIpc) is 2.45. The summed E-state index contributed by atoms with van der Waals surface area (Å²) < 4.78 is 5.75. The van der Waals surface area contributed by atoms with Crippen LogP contribution in [0.3, 0.4) is 0 Å². The van der Waals surface area contributed by atoms with Crippen molar-refractivity contribution in [3.63, 3.8) is 0 Å². The van der Waals surface area contributed by atoms with Crippen molar-refractivity contribution in [3.8, 4) is 0 Å². The smallest absolute Gasteiger partial charge is 0.0478 e. The van der Waals surface area contributed by atoms with Crippen molar-refractivity contribution in [3.05, 3.63) is 0 Å². The highest BCUT2D eigenvalue weighted by Crippen LogP contribution is 1.95. The highest BCUT2D eigenvalue weighted by atomic mass is 16.5. The Kier molecular flexibility index (Phi) is 15.2. The molecule has 23 heavy (non-hydrogen) atoms. The molecule has 0 heterocycles. The largest absolute Gasteiger partial charge is 0.381 e. The second-order valence-electron chi connectivity index (χ2n) is 7.24.